The van der Waals surface area contributed by atoms with E-state index in [-0.39, 0.29) is 110 Å². The predicted molar refractivity (Wildman–Crippen MR) is 406 cm³/mol. The number of carbonyl (C=O) groups is 3. The van der Waals surface area contributed by atoms with Gasteiger partial charge >= 0.3 is 17.9 Å². The molecular weight excluding hydrogens is 1330 g/mol. The summed E-state index contributed by atoms with van der Waals surface area (Å²) in [5.41, 5.74) is 4.04. The first kappa shape index (κ1) is 103. The minimum Gasteiger partial charge on any atom is -0.508 e. The van der Waals surface area contributed by atoms with Crippen LogP contribution in [0.25, 0.3) is 0 Å². The van der Waals surface area contributed by atoms with Gasteiger partial charge in [0.05, 0.1) is 26.2 Å². The number of aromatic nitrogens is 6. The lowest BCUT2D eigenvalue weighted by Crippen LogP contribution is -2.15. The summed E-state index contributed by atoms with van der Waals surface area (Å²) < 4.78 is 22.4. The summed E-state index contributed by atoms with van der Waals surface area (Å²) in [7, 11) is 0. The number of benzene rings is 2. The molecule has 0 aliphatic carbocycles. The molecule has 506 valence electrons. The zero-order valence-corrected chi connectivity index (χ0v) is 55.2. The average molecular weight is 1440 g/mol. The number of thiol groups is 1. The molecule has 0 radical (unpaired) electrons. The monoisotopic (exact) mass is 1440 g/mol. The predicted octanol–water partition coefficient (Wildman–Crippen LogP) is 23.8. The van der Waals surface area contributed by atoms with Gasteiger partial charge in [-0.3, -0.25) is 29.7 Å². The van der Waals surface area contributed by atoms with E-state index in [4.69, 9.17) is 56.0 Å². The average Bonchev–Trinajstić information content (AvgIpc) is 4.43. The van der Waals surface area contributed by atoms with Crippen LogP contribution in [0.1, 0.15) is 204 Å². The lowest BCUT2D eigenvalue weighted by molar-refractivity contribution is -0.148. The SMILES string of the molecule is C.C.C.C.C.C.C.C.C.C.CCC(C)C(=O)OCCSc1ccc(S)s1.CCC(C)C(=O)OCCSc1n[nH]c(=S)s1.CCC(C)C(=O)OCCSc1n[nH]c(=S)s1.CCC(C)c1ccc(CSc2n[nH]c(=S)s2)cc1.CCC(C)c1ccc(O)cc1. The van der Waals surface area contributed by atoms with Crippen LogP contribution in [0.4, 0.5) is 0 Å². The van der Waals surface area contributed by atoms with Gasteiger partial charge in [-0.2, -0.15) is 15.3 Å². The van der Waals surface area contributed by atoms with Crippen molar-refractivity contribution in [1.29, 1.82) is 0 Å². The molecule has 0 saturated carbocycles. The largest absolute Gasteiger partial charge is 0.508 e. The van der Waals surface area contributed by atoms with Gasteiger partial charge in [0.15, 0.2) is 24.9 Å². The van der Waals surface area contributed by atoms with Gasteiger partial charge in [0.2, 0.25) is 0 Å². The van der Waals surface area contributed by atoms with E-state index in [2.05, 4.69) is 95.2 Å². The summed E-state index contributed by atoms with van der Waals surface area (Å²) in [6.45, 7) is 21.7. The summed E-state index contributed by atoms with van der Waals surface area (Å²) in [5.74, 6) is 4.37. The highest BCUT2D eigenvalue weighted by molar-refractivity contribution is 8.02. The molecule has 5 unspecified atom stereocenters. The summed E-state index contributed by atoms with van der Waals surface area (Å²) >= 11 is 31.6. The van der Waals surface area contributed by atoms with Crippen LogP contribution in [0.3, 0.4) is 0 Å². The van der Waals surface area contributed by atoms with Gasteiger partial charge in [0.25, 0.3) is 0 Å². The number of nitrogens with one attached hydrogen (secondary N) is 3. The number of aromatic amines is 3. The molecule has 0 saturated heterocycles. The number of rotatable bonds is 25. The quantitative estimate of drug-likeness (QED) is 0.00909. The van der Waals surface area contributed by atoms with Crippen LogP contribution in [-0.2, 0) is 34.3 Å². The first-order valence-corrected chi connectivity index (χ1v) is 34.0. The molecule has 0 fully saturated rings. The maximum Gasteiger partial charge on any atom is 0.308 e. The van der Waals surface area contributed by atoms with Crippen molar-refractivity contribution < 1.29 is 33.7 Å². The maximum absolute atomic E-state index is 11.3. The molecule has 0 amide bonds. The van der Waals surface area contributed by atoms with Gasteiger partial charge in [0, 0.05) is 23.0 Å². The summed E-state index contributed by atoms with van der Waals surface area (Å²) in [4.78, 5) is 34.0. The van der Waals surface area contributed by atoms with Crippen molar-refractivity contribution in [3.8, 4) is 5.75 Å². The van der Waals surface area contributed by atoms with E-state index < -0.39 is 0 Å². The normalized spacial score (nSPS) is 11.1. The highest BCUT2D eigenvalue weighted by Gasteiger charge is 2.14. The van der Waals surface area contributed by atoms with Gasteiger partial charge in [-0.05, 0) is 122 Å². The van der Waals surface area contributed by atoms with Crippen molar-refractivity contribution in [1.82, 2.24) is 30.6 Å². The molecule has 87 heavy (non-hydrogen) atoms. The maximum atomic E-state index is 11.3. The Morgan fingerprint density at radius 2 is 0.805 bits per heavy atom. The van der Waals surface area contributed by atoms with Gasteiger partial charge in [0.1, 0.15) is 25.6 Å². The first-order valence-electron chi connectivity index (χ1n) is 25.2. The minimum absolute atomic E-state index is 0. The number of nitrogens with zero attached hydrogens (tertiary/aromatic N) is 3. The smallest absolute Gasteiger partial charge is 0.308 e. The number of thiophene rings is 1. The van der Waals surface area contributed by atoms with Crippen LogP contribution >= 0.6 is 142 Å². The third-order valence-electron chi connectivity index (χ3n) is 11.1. The summed E-state index contributed by atoms with van der Waals surface area (Å²) in [5, 5.41) is 29.3. The minimum atomic E-state index is -0.127. The Labute approximate surface area is 583 Å². The third kappa shape index (κ3) is 46.2. The highest BCUT2D eigenvalue weighted by atomic mass is 32.2. The summed E-state index contributed by atoms with van der Waals surface area (Å²) in [6.07, 6.45) is 4.79. The van der Waals surface area contributed by atoms with E-state index in [0.29, 0.717) is 56.8 Å². The number of thioether (sulfide) groups is 4. The fourth-order valence-corrected chi connectivity index (χ4v) is 13.6. The van der Waals surface area contributed by atoms with Gasteiger partial charge in [-0.1, -0.05) is 249 Å². The zero-order chi connectivity index (χ0) is 57.1. The van der Waals surface area contributed by atoms with Gasteiger partial charge in [-0.15, -0.1) is 35.7 Å². The second-order valence-electron chi connectivity index (χ2n) is 16.9. The van der Waals surface area contributed by atoms with Gasteiger partial charge < -0.3 is 19.3 Å². The molecule has 4 heterocycles. The van der Waals surface area contributed by atoms with Crippen molar-refractivity contribution in [2.45, 2.75) is 215 Å². The highest BCUT2D eigenvalue weighted by Crippen LogP contribution is 2.30. The molecule has 0 aliphatic heterocycles. The van der Waals surface area contributed by atoms with E-state index in [9.17, 15) is 14.4 Å². The van der Waals surface area contributed by atoms with Crippen LogP contribution in [0.5, 0.6) is 5.75 Å². The first-order chi connectivity index (χ1) is 36.8. The Bertz CT molecular complexity index is 2650. The number of phenolic OH excluding ortho intramolecular Hbond substituents is 1. The number of hydrogen-bond acceptors (Lipinski definition) is 22. The molecule has 0 bridgehead atoms. The molecule has 13 nitrogen and oxygen atoms in total. The molecule has 6 rings (SSSR count). The molecule has 25 heteroatoms. The Hall–Kier alpha value is -2.56. The van der Waals surface area contributed by atoms with Crippen molar-refractivity contribution in [2.24, 2.45) is 17.8 Å². The van der Waals surface area contributed by atoms with Crippen molar-refractivity contribution in [3.63, 3.8) is 0 Å². The molecular formula is C62H114N6O7S12. The number of carbonyl (C=O) groups excluding carboxylic acids is 3. The van der Waals surface area contributed by atoms with E-state index in [1.807, 2.05) is 65.8 Å². The number of aromatic hydroxyl groups is 1. The Kier molecular flexibility index (Phi) is 72.4. The standard InChI is InChI=1S/C13H16N2S3.C11H16O2S3.C10H14O.2C9H14N2O2S3.10CH4/c1-3-9(2)11-6-4-10(5-7-11)8-17-13-15-14-12(16)18-13;1-3-8(2)11(12)13-6-7-15-10-5-4-9(14)16-10;1-3-8(2)9-4-6-10(11)7-5-9;2*1-3-6(2)7(12)13-4-5-15-9-11-10-8(14)16-9;;;;;;;;;;/h4-7,9H,3,8H2,1-2H3,(H,14,16);4-5,8,14H,3,6-7H2,1-2H3;4-8,11H,3H2,1-2H3;2*6H,3-5H2,1-2H3,(H,10,14);10*1H4. The second-order valence-corrected chi connectivity index (χ2v) is 29.1. The van der Waals surface area contributed by atoms with Crippen LogP contribution < -0.4 is 0 Å². The molecule has 6 aromatic rings. The van der Waals surface area contributed by atoms with Gasteiger partial charge in [-0.25, -0.2) is 0 Å². The Balaban J connectivity index is -0.000000122. The molecule has 0 aliphatic rings. The molecule has 4 N–H and O–H groups in total. The summed E-state index contributed by atoms with van der Waals surface area (Å²) in [6, 6.07) is 20.3. The van der Waals surface area contributed by atoms with Crippen LogP contribution in [0.2, 0.25) is 0 Å². The molecule has 5 atom stereocenters. The van der Waals surface area contributed by atoms with Crippen molar-refractivity contribution >= 4 is 160 Å². The van der Waals surface area contributed by atoms with Crippen molar-refractivity contribution in [2.75, 3.05) is 37.1 Å². The number of phenols is 1. The van der Waals surface area contributed by atoms with E-state index in [1.165, 1.54) is 84.9 Å². The number of esters is 3. The number of hydrogen-bond donors (Lipinski definition) is 5. The lowest BCUT2D eigenvalue weighted by Gasteiger charge is -2.09. The molecule has 4 aromatic heterocycles. The van der Waals surface area contributed by atoms with Crippen LogP contribution in [0, 0.1) is 29.6 Å². The third-order valence-corrected chi connectivity index (χ3v) is 20.3. The van der Waals surface area contributed by atoms with Crippen LogP contribution in [-0.4, -0.2) is 90.7 Å². The van der Waals surface area contributed by atoms with Crippen LogP contribution in [0.15, 0.2) is 82.1 Å². The Morgan fingerprint density at radius 1 is 0.483 bits per heavy atom. The Morgan fingerprint density at radius 3 is 1.09 bits per heavy atom. The topological polar surface area (TPSA) is 185 Å². The molecule has 0 spiro atoms. The van der Waals surface area contributed by atoms with E-state index in [0.717, 1.165) is 58.4 Å². The zero-order valence-electron chi connectivity index (χ0n) is 45.3. The lowest BCUT2D eigenvalue weighted by atomic mass is 9.98. The number of ether oxygens (including phenoxy) is 3. The number of H-pyrrole nitrogens is 3. The fourth-order valence-electron chi connectivity index (χ4n) is 5.34. The molecule has 2 aromatic carbocycles. The van der Waals surface area contributed by atoms with Crippen molar-refractivity contribution in [3.05, 3.63) is 89.2 Å². The second kappa shape index (κ2) is 61.0. The van der Waals surface area contributed by atoms with E-state index >= 15 is 0 Å². The van der Waals surface area contributed by atoms with E-state index in [1.54, 1.807) is 47.0 Å². The fraction of sp³-hybridized carbons (Fsp3) is 0.597.